The maximum atomic E-state index is 12.4. The van der Waals surface area contributed by atoms with Gasteiger partial charge in [-0.2, -0.15) is 0 Å². The highest BCUT2D eigenvalue weighted by Crippen LogP contribution is 2.29. The third kappa shape index (κ3) is 2.03. The number of hydrogen-bond acceptors (Lipinski definition) is 3. The van der Waals surface area contributed by atoms with Crippen molar-refractivity contribution < 1.29 is 23.4 Å². The number of aromatic carboxylic acids is 1. The largest absolute Gasteiger partial charge is 0.495 e. The zero-order valence-electron chi connectivity index (χ0n) is 8.12. The molecule has 0 bridgehead atoms. The quantitative estimate of drug-likeness (QED) is 0.841. The second-order valence-corrected chi connectivity index (χ2v) is 2.82. The molecule has 0 aromatic carbocycles. The average Bonchev–Trinajstić information content (AvgIpc) is 2.16. The number of methoxy groups -OCH3 is 1. The Morgan fingerprint density at radius 1 is 1.60 bits per heavy atom. The number of nitrogens with zero attached hydrogens (tertiary/aromatic N) is 1. The van der Waals surface area contributed by atoms with Gasteiger partial charge in [0.2, 0.25) is 0 Å². The number of ether oxygens (including phenoxy) is 1. The summed E-state index contributed by atoms with van der Waals surface area (Å²) in [5.41, 5.74) is -0.636. The van der Waals surface area contributed by atoms with E-state index >= 15 is 0 Å². The van der Waals surface area contributed by atoms with Crippen LogP contribution < -0.4 is 4.74 Å². The molecule has 0 aliphatic heterocycles. The van der Waals surface area contributed by atoms with E-state index in [0.29, 0.717) is 0 Å². The number of alkyl halides is 2. The van der Waals surface area contributed by atoms with Crippen molar-refractivity contribution in [3.63, 3.8) is 0 Å². The fraction of sp³-hybridized carbons (Fsp3) is 0.333. The first-order valence-electron chi connectivity index (χ1n) is 4.04. The lowest BCUT2D eigenvalue weighted by molar-refractivity contribution is 0.0691. The lowest BCUT2D eigenvalue weighted by Gasteiger charge is -2.11. The third-order valence-electron chi connectivity index (χ3n) is 1.94. The summed E-state index contributed by atoms with van der Waals surface area (Å²) in [6, 6.07) is 0. The third-order valence-corrected chi connectivity index (χ3v) is 1.94. The van der Waals surface area contributed by atoms with E-state index in [0.717, 1.165) is 6.20 Å². The van der Waals surface area contributed by atoms with Crippen LogP contribution in [0.15, 0.2) is 6.20 Å². The van der Waals surface area contributed by atoms with Gasteiger partial charge in [-0.3, -0.25) is 4.98 Å². The molecule has 0 saturated carbocycles. The minimum Gasteiger partial charge on any atom is -0.495 e. The fourth-order valence-corrected chi connectivity index (χ4v) is 1.24. The molecule has 1 N–H and O–H groups in total. The lowest BCUT2D eigenvalue weighted by Crippen LogP contribution is -2.06. The topological polar surface area (TPSA) is 59.4 Å². The Bertz CT molecular complexity index is 393. The van der Waals surface area contributed by atoms with Crippen LogP contribution >= 0.6 is 0 Å². The highest BCUT2D eigenvalue weighted by Gasteiger charge is 2.21. The number of carboxylic acids is 1. The molecule has 0 saturated heterocycles. The molecule has 0 aliphatic rings. The van der Waals surface area contributed by atoms with Crippen LogP contribution in [0.4, 0.5) is 8.78 Å². The molecule has 0 atom stereocenters. The van der Waals surface area contributed by atoms with Crippen molar-refractivity contribution in [2.45, 2.75) is 13.3 Å². The number of aromatic nitrogens is 1. The van der Waals surface area contributed by atoms with Crippen LogP contribution in [-0.4, -0.2) is 23.2 Å². The van der Waals surface area contributed by atoms with Crippen molar-refractivity contribution in [1.82, 2.24) is 4.98 Å². The van der Waals surface area contributed by atoms with Gasteiger partial charge in [-0.05, 0) is 6.92 Å². The van der Waals surface area contributed by atoms with Gasteiger partial charge in [-0.25, -0.2) is 13.6 Å². The maximum absolute atomic E-state index is 12.4. The Morgan fingerprint density at radius 3 is 2.60 bits per heavy atom. The standard InChI is InChI=1S/C9H9F2NO3/c1-4-6(8(10)11)12-3-5(9(13)14)7(4)15-2/h3,8H,1-2H3,(H,13,14). The first-order chi connectivity index (χ1) is 6.99. The summed E-state index contributed by atoms with van der Waals surface area (Å²) in [4.78, 5) is 14.1. The monoisotopic (exact) mass is 217 g/mol. The zero-order valence-corrected chi connectivity index (χ0v) is 8.12. The number of carboxylic acid groups (broad SMARTS) is 1. The average molecular weight is 217 g/mol. The molecule has 6 heteroatoms. The maximum Gasteiger partial charge on any atom is 0.341 e. The van der Waals surface area contributed by atoms with E-state index in [9.17, 15) is 13.6 Å². The highest BCUT2D eigenvalue weighted by molar-refractivity contribution is 5.91. The molecule has 82 valence electrons. The fourth-order valence-electron chi connectivity index (χ4n) is 1.24. The molecule has 1 aromatic heterocycles. The molecule has 4 nitrogen and oxygen atoms in total. The second-order valence-electron chi connectivity index (χ2n) is 2.82. The molecule has 0 radical (unpaired) electrons. The van der Waals surface area contributed by atoms with Crippen molar-refractivity contribution in [1.29, 1.82) is 0 Å². The molecular formula is C9H9F2NO3. The van der Waals surface area contributed by atoms with Crippen molar-refractivity contribution in [2.24, 2.45) is 0 Å². The summed E-state index contributed by atoms with van der Waals surface area (Å²) in [6.45, 7) is 1.35. The molecule has 1 aromatic rings. The highest BCUT2D eigenvalue weighted by atomic mass is 19.3. The Morgan fingerprint density at radius 2 is 2.20 bits per heavy atom. The van der Waals surface area contributed by atoms with E-state index in [4.69, 9.17) is 9.84 Å². The zero-order chi connectivity index (χ0) is 11.6. The van der Waals surface area contributed by atoms with Gasteiger partial charge >= 0.3 is 5.97 Å². The molecule has 0 amide bonds. The van der Waals surface area contributed by atoms with Crippen LogP contribution in [-0.2, 0) is 0 Å². The van der Waals surface area contributed by atoms with Crippen molar-refractivity contribution in [3.05, 3.63) is 23.0 Å². The first-order valence-corrected chi connectivity index (χ1v) is 4.04. The van der Waals surface area contributed by atoms with Crippen LogP contribution in [0.2, 0.25) is 0 Å². The van der Waals surface area contributed by atoms with Gasteiger partial charge in [0.1, 0.15) is 17.0 Å². The van der Waals surface area contributed by atoms with Gasteiger partial charge in [0.15, 0.2) is 0 Å². The van der Waals surface area contributed by atoms with Crippen LogP contribution in [0.25, 0.3) is 0 Å². The Balaban J connectivity index is 3.39. The number of carbonyl (C=O) groups is 1. The second kappa shape index (κ2) is 4.20. The van der Waals surface area contributed by atoms with E-state index < -0.39 is 18.1 Å². The lowest BCUT2D eigenvalue weighted by atomic mass is 10.1. The number of halogens is 2. The first kappa shape index (κ1) is 11.4. The van der Waals surface area contributed by atoms with E-state index in [1.807, 2.05) is 0 Å². The van der Waals surface area contributed by atoms with Gasteiger partial charge in [0.05, 0.1) is 7.11 Å². The molecular weight excluding hydrogens is 208 g/mol. The molecule has 0 unspecified atom stereocenters. The van der Waals surface area contributed by atoms with Gasteiger partial charge in [-0.15, -0.1) is 0 Å². The van der Waals surface area contributed by atoms with E-state index in [-0.39, 0.29) is 16.9 Å². The summed E-state index contributed by atoms with van der Waals surface area (Å²) in [7, 11) is 1.23. The van der Waals surface area contributed by atoms with E-state index in [1.54, 1.807) is 0 Å². The summed E-state index contributed by atoms with van der Waals surface area (Å²) in [6.07, 6.45) is -1.88. The van der Waals surface area contributed by atoms with Gasteiger partial charge in [0, 0.05) is 11.8 Å². The summed E-state index contributed by atoms with van der Waals surface area (Å²) >= 11 is 0. The van der Waals surface area contributed by atoms with Gasteiger partial charge in [-0.1, -0.05) is 0 Å². The molecule has 1 heterocycles. The number of pyridine rings is 1. The van der Waals surface area contributed by atoms with Crippen LogP contribution in [0.3, 0.4) is 0 Å². The van der Waals surface area contributed by atoms with Crippen LogP contribution in [0, 0.1) is 6.92 Å². The molecule has 0 spiro atoms. The van der Waals surface area contributed by atoms with Crippen molar-refractivity contribution in [3.8, 4) is 5.75 Å². The van der Waals surface area contributed by atoms with Crippen LogP contribution in [0.5, 0.6) is 5.75 Å². The number of rotatable bonds is 3. The van der Waals surface area contributed by atoms with Gasteiger partial charge in [0.25, 0.3) is 6.43 Å². The minimum atomic E-state index is -2.75. The molecule has 15 heavy (non-hydrogen) atoms. The Kier molecular flexibility index (Phi) is 3.18. The summed E-state index contributed by atoms with van der Waals surface area (Å²) in [5.74, 6) is -1.34. The van der Waals surface area contributed by atoms with E-state index in [1.165, 1.54) is 14.0 Å². The van der Waals surface area contributed by atoms with Crippen molar-refractivity contribution >= 4 is 5.97 Å². The predicted molar refractivity (Wildman–Crippen MR) is 47.4 cm³/mol. The smallest absolute Gasteiger partial charge is 0.341 e. The van der Waals surface area contributed by atoms with E-state index in [2.05, 4.69) is 4.98 Å². The Labute approximate surface area is 84.5 Å². The molecule has 1 rings (SSSR count). The predicted octanol–water partition coefficient (Wildman–Crippen LogP) is 2.03. The molecule has 0 fully saturated rings. The van der Waals surface area contributed by atoms with Crippen LogP contribution in [0.1, 0.15) is 28.0 Å². The number of hydrogen-bond donors (Lipinski definition) is 1. The Hall–Kier alpha value is -1.72. The summed E-state index contributed by atoms with van der Waals surface area (Å²) < 4.78 is 29.6. The summed E-state index contributed by atoms with van der Waals surface area (Å²) in [5, 5.41) is 8.74. The SMILES string of the molecule is COc1c(C(=O)O)cnc(C(F)F)c1C. The minimum absolute atomic E-state index is 0.0485. The van der Waals surface area contributed by atoms with Gasteiger partial charge < -0.3 is 9.84 Å². The van der Waals surface area contributed by atoms with Crippen molar-refractivity contribution in [2.75, 3.05) is 7.11 Å². The normalized spacial score (nSPS) is 10.5. The molecule has 0 aliphatic carbocycles.